The molecule has 23 heavy (non-hydrogen) atoms. The highest BCUT2D eigenvalue weighted by molar-refractivity contribution is 5.75. The van der Waals surface area contributed by atoms with E-state index in [1.165, 1.54) is 12.0 Å². The Bertz CT molecular complexity index is 569. The molecule has 0 radical (unpaired) electrons. The van der Waals surface area contributed by atoms with Crippen LogP contribution in [0.2, 0.25) is 0 Å². The topological polar surface area (TPSA) is 57.5 Å². The van der Waals surface area contributed by atoms with Gasteiger partial charge in [0.1, 0.15) is 0 Å². The molecule has 3 nitrogen and oxygen atoms in total. The maximum atomic E-state index is 12.1. The van der Waals surface area contributed by atoms with Crippen molar-refractivity contribution in [2.24, 2.45) is 34.0 Å². The molecule has 128 valence electrons. The van der Waals surface area contributed by atoms with Gasteiger partial charge in [-0.1, -0.05) is 25.5 Å². The van der Waals surface area contributed by atoms with Crippen molar-refractivity contribution in [2.75, 3.05) is 0 Å². The van der Waals surface area contributed by atoms with Crippen LogP contribution in [0.3, 0.4) is 0 Å². The number of rotatable bonds is 1. The Morgan fingerprint density at radius 1 is 1.22 bits per heavy atom. The van der Waals surface area contributed by atoms with Crippen LogP contribution in [0.1, 0.15) is 65.2 Å². The van der Waals surface area contributed by atoms with E-state index in [4.69, 9.17) is 0 Å². The first kappa shape index (κ1) is 15.7. The number of allylic oxidation sites excluding steroid dienone is 1. The van der Waals surface area contributed by atoms with Gasteiger partial charge in [-0.15, -0.1) is 0 Å². The van der Waals surface area contributed by atoms with E-state index in [1.807, 2.05) is 6.92 Å². The molecule has 3 heteroatoms. The van der Waals surface area contributed by atoms with Gasteiger partial charge >= 0.3 is 5.97 Å². The van der Waals surface area contributed by atoms with Crippen molar-refractivity contribution in [2.45, 2.75) is 71.3 Å². The lowest BCUT2D eigenvalue weighted by Gasteiger charge is -2.64. The number of carboxylic acid groups (broad SMARTS) is 1. The van der Waals surface area contributed by atoms with Gasteiger partial charge in [0.05, 0.1) is 11.5 Å². The number of aliphatic carboxylic acids is 1. The van der Waals surface area contributed by atoms with Crippen molar-refractivity contribution in [1.82, 2.24) is 0 Å². The zero-order valence-electron chi connectivity index (χ0n) is 14.5. The maximum Gasteiger partial charge on any atom is 0.309 e. The summed E-state index contributed by atoms with van der Waals surface area (Å²) in [7, 11) is 0. The number of carbonyl (C=O) groups is 1. The Hall–Kier alpha value is -0.830. The monoisotopic (exact) mass is 318 g/mol. The number of aliphatic hydroxyl groups is 1. The number of carboxylic acids is 1. The Balaban J connectivity index is 1.80. The minimum Gasteiger partial charge on any atom is -0.481 e. The van der Waals surface area contributed by atoms with Crippen LogP contribution in [0.4, 0.5) is 0 Å². The molecule has 0 heterocycles. The molecule has 2 N–H and O–H groups in total. The molecule has 4 aliphatic carbocycles. The van der Waals surface area contributed by atoms with Crippen LogP contribution in [0, 0.1) is 34.0 Å². The number of fused-ring (bicyclic) bond motifs is 3. The Morgan fingerprint density at radius 3 is 2.65 bits per heavy atom. The summed E-state index contributed by atoms with van der Waals surface area (Å²) in [6, 6.07) is 0. The quantitative estimate of drug-likeness (QED) is 0.718. The molecule has 0 saturated heterocycles. The average Bonchev–Trinajstić information content (AvgIpc) is 2.73. The molecule has 1 spiro atoms. The molecule has 0 aliphatic heterocycles. The van der Waals surface area contributed by atoms with Crippen LogP contribution in [-0.2, 0) is 4.79 Å². The highest BCUT2D eigenvalue weighted by atomic mass is 16.4. The van der Waals surface area contributed by atoms with Crippen LogP contribution in [0.5, 0.6) is 0 Å². The van der Waals surface area contributed by atoms with E-state index < -0.39 is 11.4 Å². The summed E-state index contributed by atoms with van der Waals surface area (Å²) in [5, 5.41) is 21.0. The SMILES string of the molecule is C=C1C[C@]23C[C@H]1CC[C@H]2[C@]1(C)CCC[C@@](C)(C(=O)O)[C@H]1C[C@@H]3O. The zero-order valence-corrected chi connectivity index (χ0v) is 14.5. The van der Waals surface area contributed by atoms with Crippen molar-refractivity contribution in [1.29, 1.82) is 0 Å². The molecule has 0 aromatic heterocycles. The molecule has 4 aliphatic rings. The van der Waals surface area contributed by atoms with Crippen molar-refractivity contribution < 1.29 is 15.0 Å². The summed E-state index contributed by atoms with van der Waals surface area (Å²) in [6.45, 7) is 8.57. The summed E-state index contributed by atoms with van der Waals surface area (Å²) in [5.41, 5.74) is 0.704. The third-order valence-corrected chi connectivity index (χ3v) is 8.64. The minimum absolute atomic E-state index is 0.0119. The van der Waals surface area contributed by atoms with E-state index >= 15 is 0 Å². The Kier molecular flexibility index (Phi) is 3.15. The molecule has 0 aromatic rings. The van der Waals surface area contributed by atoms with E-state index in [0.717, 1.165) is 38.5 Å². The van der Waals surface area contributed by atoms with Crippen LogP contribution >= 0.6 is 0 Å². The first-order valence-electron chi connectivity index (χ1n) is 9.33. The van der Waals surface area contributed by atoms with Gasteiger partial charge in [0.2, 0.25) is 0 Å². The molecule has 2 bridgehead atoms. The second kappa shape index (κ2) is 4.62. The van der Waals surface area contributed by atoms with Crippen molar-refractivity contribution >= 4 is 5.97 Å². The van der Waals surface area contributed by atoms with Crippen molar-refractivity contribution in [3.63, 3.8) is 0 Å². The van der Waals surface area contributed by atoms with E-state index in [0.29, 0.717) is 18.3 Å². The second-order valence-electron chi connectivity index (χ2n) is 9.49. The standard InChI is InChI=1S/C20H30O3/c1-12-10-20-11-13(12)5-6-14(20)18(2)7-4-8-19(3,17(22)23)15(18)9-16(20)21/h13-16,21H,1,4-11H2,2-3H3,(H,22,23)/t13-,14+,15+,16+,18+,19-,20+/m1/s1. The predicted octanol–water partition coefficient (Wildman–Crippen LogP) is 4.01. The fraction of sp³-hybridized carbons (Fsp3) is 0.850. The second-order valence-corrected chi connectivity index (χ2v) is 9.49. The van der Waals surface area contributed by atoms with E-state index in [2.05, 4.69) is 13.5 Å². The highest BCUT2D eigenvalue weighted by Crippen LogP contribution is 2.72. The van der Waals surface area contributed by atoms with Gasteiger partial charge < -0.3 is 10.2 Å². The summed E-state index contributed by atoms with van der Waals surface area (Å²) < 4.78 is 0. The normalized spacial score (nSPS) is 55.2. The highest BCUT2D eigenvalue weighted by Gasteiger charge is 2.67. The first-order valence-corrected chi connectivity index (χ1v) is 9.33. The van der Waals surface area contributed by atoms with Gasteiger partial charge in [0.25, 0.3) is 0 Å². The summed E-state index contributed by atoms with van der Waals surface area (Å²) in [4.78, 5) is 12.1. The van der Waals surface area contributed by atoms with Gasteiger partial charge in [-0.25, -0.2) is 0 Å². The molecule has 4 rings (SSSR count). The van der Waals surface area contributed by atoms with Gasteiger partial charge in [-0.3, -0.25) is 4.79 Å². The van der Waals surface area contributed by atoms with Crippen LogP contribution in [0.15, 0.2) is 12.2 Å². The van der Waals surface area contributed by atoms with Gasteiger partial charge in [0.15, 0.2) is 0 Å². The molecule has 4 saturated carbocycles. The molecule has 0 amide bonds. The predicted molar refractivity (Wildman–Crippen MR) is 88.8 cm³/mol. The smallest absolute Gasteiger partial charge is 0.309 e. The summed E-state index contributed by atoms with van der Waals surface area (Å²) >= 11 is 0. The Morgan fingerprint density at radius 2 is 1.96 bits per heavy atom. The largest absolute Gasteiger partial charge is 0.481 e. The lowest BCUT2D eigenvalue weighted by atomic mass is 9.40. The molecular weight excluding hydrogens is 288 g/mol. The fourth-order valence-electron chi connectivity index (χ4n) is 7.51. The van der Waals surface area contributed by atoms with Crippen molar-refractivity contribution in [3.05, 3.63) is 12.2 Å². The van der Waals surface area contributed by atoms with E-state index in [9.17, 15) is 15.0 Å². The molecule has 0 unspecified atom stereocenters. The lowest BCUT2D eigenvalue weighted by Crippen LogP contribution is -2.62. The zero-order chi connectivity index (χ0) is 16.6. The summed E-state index contributed by atoms with van der Waals surface area (Å²) in [5.74, 6) is 0.479. The first-order chi connectivity index (χ1) is 10.7. The molecule has 0 aromatic carbocycles. The maximum absolute atomic E-state index is 12.1. The molecule has 7 atom stereocenters. The number of aliphatic hydroxyl groups excluding tert-OH is 1. The van der Waals surface area contributed by atoms with E-state index in [-0.39, 0.29) is 22.9 Å². The van der Waals surface area contributed by atoms with Gasteiger partial charge in [-0.2, -0.15) is 0 Å². The number of hydrogen-bond donors (Lipinski definition) is 2. The number of hydrogen-bond acceptors (Lipinski definition) is 2. The Labute approximate surface area is 139 Å². The fourth-order valence-corrected chi connectivity index (χ4v) is 7.51. The average molecular weight is 318 g/mol. The van der Waals surface area contributed by atoms with Crippen LogP contribution in [-0.4, -0.2) is 22.3 Å². The van der Waals surface area contributed by atoms with Crippen LogP contribution < -0.4 is 0 Å². The van der Waals surface area contributed by atoms with Gasteiger partial charge in [0, 0.05) is 5.41 Å². The van der Waals surface area contributed by atoms with Gasteiger partial charge in [-0.05, 0) is 75.0 Å². The lowest BCUT2D eigenvalue weighted by molar-refractivity contribution is -0.208. The summed E-state index contributed by atoms with van der Waals surface area (Å²) in [6.07, 6.45) is 7.57. The van der Waals surface area contributed by atoms with E-state index in [1.54, 1.807) is 0 Å². The minimum atomic E-state index is -0.679. The third kappa shape index (κ3) is 1.78. The third-order valence-electron chi connectivity index (χ3n) is 8.64. The van der Waals surface area contributed by atoms with Crippen molar-refractivity contribution in [3.8, 4) is 0 Å². The van der Waals surface area contributed by atoms with Crippen LogP contribution in [0.25, 0.3) is 0 Å². The molecular formula is C20H30O3. The molecule has 4 fully saturated rings.